The monoisotopic (exact) mass is 400 g/mol. The topological polar surface area (TPSA) is 63.4 Å². The first-order valence-electron chi connectivity index (χ1n) is 8.69. The van der Waals surface area contributed by atoms with E-state index in [1.54, 1.807) is 23.1 Å². The third kappa shape index (κ3) is 3.82. The maximum Gasteiger partial charge on any atom is 0.223 e. The molecule has 3 heterocycles. The number of halogens is 1. The van der Waals surface area contributed by atoms with E-state index >= 15 is 0 Å². The Morgan fingerprint density at radius 2 is 2.00 bits per heavy atom. The van der Waals surface area contributed by atoms with Crippen molar-refractivity contribution in [3.63, 3.8) is 0 Å². The van der Waals surface area contributed by atoms with Crippen LogP contribution in [0.2, 0.25) is 5.02 Å². The van der Waals surface area contributed by atoms with E-state index in [2.05, 4.69) is 5.16 Å². The molecule has 0 saturated carbocycles. The van der Waals surface area contributed by atoms with E-state index in [0.29, 0.717) is 35.2 Å². The maximum atomic E-state index is 12.6. The highest BCUT2D eigenvalue weighted by Gasteiger charge is 2.27. The molecule has 7 heteroatoms. The molecule has 4 rings (SSSR count). The lowest BCUT2D eigenvalue weighted by Gasteiger charge is -2.26. The molecule has 0 atom stereocenters. The van der Waals surface area contributed by atoms with Gasteiger partial charge < -0.3 is 9.42 Å². The van der Waals surface area contributed by atoms with Crippen molar-refractivity contribution in [1.29, 1.82) is 0 Å². The van der Waals surface area contributed by atoms with E-state index in [1.807, 2.05) is 23.6 Å². The fraction of sp³-hybridized carbons (Fsp3) is 0.250. The first-order chi connectivity index (χ1) is 13.1. The summed E-state index contributed by atoms with van der Waals surface area (Å²) in [6.45, 7) is 1.04. The molecule has 3 aromatic rings. The zero-order valence-corrected chi connectivity index (χ0v) is 16.1. The summed E-state index contributed by atoms with van der Waals surface area (Å²) in [6, 6.07) is 11.0. The molecule has 1 aromatic carbocycles. The summed E-state index contributed by atoms with van der Waals surface area (Å²) >= 11 is 7.36. The second-order valence-corrected chi connectivity index (χ2v) is 7.79. The number of Topliss-reactive ketones (excluding diaryl/α,β-unsaturated/α-hetero) is 1. The van der Waals surface area contributed by atoms with Gasteiger partial charge in [0.1, 0.15) is 0 Å². The lowest BCUT2D eigenvalue weighted by molar-refractivity contribution is -0.132. The zero-order valence-electron chi connectivity index (χ0n) is 14.5. The van der Waals surface area contributed by atoms with Gasteiger partial charge in [0.05, 0.1) is 17.1 Å². The highest BCUT2D eigenvalue weighted by atomic mass is 35.5. The lowest BCUT2D eigenvalue weighted by Crippen LogP contribution is -2.36. The molecule has 1 aliphatic rings. The van der Waals surface area contributed by atoms with Crippen LogP contribution in [0.1, 0.15) is 33.8 Å². The number of rotatable bonds is 5. The number of aromatic nitrogens is 1. The second kappa shape index (κ2) is 7.66. The van der Waals surface area contributed by atoms with Crippen LogP contribution in [0.4, 0.5) is 0 Å². The summed E-state index contributed by atoms with van der Waals surface area (Å²) < 4.78 is 5.53. The molecule has 138 valence electrons. The molecule has 0 N–H and O–H groups in total. The van der Waals surface area contributed by atoms with E-state index in [4.69, 9.17) is 16.1 Å². The number of benzene rings is 1. The smallest absolute Gasteiger partial charge is 0.223 e. The fourth-order valence-electron chi connectivity index (χ4n) is 3.19. The zero-order chi connectivity index (χ0) is 18.8. The quantitative estimate of drug-likeness (QED) is 0.587. The largest absolute Gasteiger partial charge is 0.356 e. The highest BCUT2D eigenvalue weighted by Crippen LogP contribution is 2.31. The van der Waals surface area contributed by atoms with E-state index in [-0.39, 0.29) is 24.5 Å². The van der Waals surface area contributed by atoms with Gasteiger partial charge in [-0.05, 0) is 35.7 Å². The Balaban J connectivity index is 1.44. The Morgan fingerprint density at radius 1 is 1.19 bits per heavy atom. The Labute approximate surface area is 165 Å². The van der Waals surface area contributed by atoms with Crippen molar-refractivity contribution < 1.29 is 14.1 Å². The number of hydrogen-bond donors (Lipinski definition) is 0. The lowest BCUT2D eigenvalue weighted by atomic mass is 10.0. The minimum absolute atomic E-state index is 0.0166. The van der Waals surface area contributed by atoms with Gasteiger partial charge in [0.2, 0.25) is 5.91 Å². The van der Waals surface area contributed by atoms with Crippen molar-refractivity contribution in [3.8, 4) is 11.3 Å². The van der Waals surface area contributed by atoms with Crippen LogP contribution < -0.4 is 0 Å². The maximum absolute atomic E-state index is 12.6. The SMILES string of the molecule is O=C(CCC(=O)N1CCc2noc(-c3ccc(Cl)cc3)c2C1)c1cccs1. The van der Waals surface area contributed by atoms with Crippen LogP contribution in [0.15, 0.2) is 46.3 Å². The normalized spacial score (nSPS) is 13.4. The van der Waals surface area contributed by atoms with Crippen molar-refractivity contribution >= 4 is 34.6 Å². The summed E-state index contributed by atoms with van der Waals surface area (Å²) in [7, 11) is 0. The second-order valence-electron chi connectivity index (χ2n) is 6.41. The summed E-state index contributed by atoms with van der Waals surface area (Å²) in [5.74, 6) is 0.672. The fourth-order valence-corrected chi connectivity index (χ4v) is 4.01. The minimum atomic E-state index is -0.0196. The third-order valence-electron chi connectivity index (χ3n) is 4.66. The van der Waals surface area contributed by atoms with Crippen LogP contribution in [0.25, 0.3) is 11.3 Å². The van der Waals surface area contributed by atoms with Gasteiger partial charge in [0, 0.05) is 42.0 Å². The molecule has 1 amide bonds. The third-order valence-corrected chi connectivity index (χ3v) is 5.82. The van der Waals surface area contributed by atoms with Crippen LogP contribution >= 0.6 is 22.9 Å². The standard InChI is InChI=1S/C20H17ClN2O3S/c21-14-5-3-13(4-6-14)20-15-12-23(10-9-16(15)22-26-20)19(25)8-7-17(24)18-2-1-11-27-18/h1-6,11H,7-10,12H2. The number of ketones is 1. The predicted octanol–water partition coefficient (Wildman–Crippen LogP) is 4.60. The van der Waals surface area contributed by atoms with Crippen molar-refractivity contribution in [2.75, 3.05) is 6.54 Å². The number of fused-ring (bicyclic) bond motifs is 1. The van der Waals surface area contributed by atoms with Crippen molar-refractivity contribution in [2.24, 2.45) is 0 Å². The summed E-state index contributed by atoms with van der Waals surface area (Å²) in [4.78, 5) is 27.2. The average Bonchev–Trinajstić information content (AvgIpc) is 3.36. The number of carbonyl (C=O) groups is 2. The molecule has 0 bridgehead atoms. The van der Waals surface area contributed by atoms with Crippen molar-refractivity contribution in [3.05, 3.63) is 62.9 Å². The Kier molecular flexibility index (Phi) is 5.09. The van der Waals surface area contributed by atoms with E-state index < -0.39 is 0 Å². The van der Waals surface area contributed by atoms with E-state index in [0.717, 1.165) is 16.8 Å². The van der Waals surface area contributed by atoms with Gasteiger partial charge in [-0.15, -0.1) is 11.3 Å². The molecule has 0 aliphatic carbocycles. The molecule has 27 heavy (non-hydrogen) atoms. The van der Waals surface area contributed by atoms with Gasteiger partial charge in [-0.25, -0.2) is 0 Å². The molecule has 5 nitrogen and oxygen atoms in total. The van der Waals surface area contributed by atoms with Crippen LogP contribution in [-0.4, -0.2) is 28.3 Å². The van der Waals surface area contributed by atoms with E-state index in [9.17, 15) is 9.59 Å². The molecular weight excluding hydrogens is 384 g/mol. The summed E-state index contributed by atoms with van der Waals surface area (Å²) in [5.41, 5.74) is 2.70. The van der Waals surface area contributed by atoms with Gasteiger partial charge >= 0.3 is 0 Å². The van der Waals surface area contributed by atoms with Gasteiger partial charge in [-0.2, -0.15) is 0 Å². The number of nitrogens with zero attached hydrogens (tertiary/aromatic N) is 2. The van der Waals surface area contributed by atoms with Crippen LogP contribution in [0.5, 0.6) is 0 Å². The summed E-state index contributed by atoms with van der Waals surface area (Å²) in [6.07, 6.45) is 1.10. The molecule has 2 aromatic heterocycles. The van der Waals surface area contributed by atoms with Gasteiger partial charge in [-0.3, -0.25) is 9.59 Å². The average molecular weight is 401 g/mol. The van der Waals surface area contributed by atoms with E-state index in [1.165, 1.54) is 11.3 Å². The molecule has 0 spiro atoms. The van der Waals surface area contributed by atoms with Crippen molar-refractivity contribution in [2.45, 2.75) is 25.8 Å². The van der Waals surface area contributed by atoms with Crippen molar-refractivity contribution in [1.82, 2.24) is 10.1 Å². The Bertz CT molecular complexity index is 964. The van der Waals surface area contributed by atoms with Gasteiger partial charge in [0.15, 0.2) is 11.5 Å². The first-order valence-corrected chi connectivity index (χ1v) is 9.95. The number of thiophene rings is 1. The van der Waals surface area contributed by atoms with Crippen LogP contribution in [0, 0.1) is 0 Å². The molecule has 0 radical (unpaired) electrons. The molecule has 0 unspecified atom stereocenters. The Morgan fingerprint density at radius 3 is 2.74 bits per heavy atom. The number of carbonyl (C=O) groups excluding carboxylic acids is 2. The van der Waals surface area contributed by atoms with Gasteiger partial charge in [-0.1, -0.05) is 22.8 Å². The van der Waals surface area contributed by atoms with Gasteiger partial charge in [0.25, 0.3) is 0 Å². The van der Waals surface area contributed by atoms with Crippen LogP contribution in [0.3, 0.4) is 0 Å². The predicted molar refractivity (Wildman–Crippen MR) is 104 cm³/mol. The molecule has 1 aliphatic heterocycles. The molecule has 0 saturated heterocycles. The summed E-state index contributed by atoms with van der Waals surface area (Å²) in [5, 5.41) is 6.68. The Hall–Kier alpha value is -2.44. The molecular formula is C20H17ClN2O3S. The number of hydrogen-bond acceptors (Lipinski definition) is 5. The van der Waals surface area contributed by atoms with Crippen LogP contribution in [-0.2, 0) is 17.8 Å². The first kappa shape index (κ1) is 17.9. The molecule has 0 fully saturated rings. The number of amides is 1. The minimum Gasteiger partial charge on any atom is -0.356 e. The highest BCUT2D eigenvalue weighted by molar-refractivity contribution is 7.12.